The van der Waals surface area contributed by atoms with Gasteiger partial charge in [-0.15, -0.1) is 0 Å². The van der Waals surface area contributed by atoms with Gasteiger partial charge >= 0.3 is 5.97 Å². The number of carbonyl (C=O) groups excluding carboxylic acids is 2. The molecule has 3 N–H and O–H groups in total. The minimum absolute atomic E-state index is 0.0487. The summed E-state index contributed by atoms with van der Waals surface area (Å²) in [6, 6.07) is 0. The molecule has 0 aliphatic heterocycles. The Balaban J connectivity index is 2.36. The number of methoxy groups -OCH3 is 1. The first kappa shape index (κ1) is 16.1. The lowest BCUT2D eigenvalue weighted by Gasteiger charge is -2.53. The summed E-state index contributed by atoms with van der Waals surface area (Å²) >= 11 is 0. The third-order valence-electron chi connectivity index (χ3n) is 5.11. The maximum Gasteiger partial charge on any atom is 0.333 e. The fourth-order valence-electron chi connectivity index (χ4n) is 3.90. The van der Waals surface area contributed by atoms with Crippen LogP contribution in [0.4, 0.5) is 0 Å². The van der Waals surface area contributed by atoms with Crippen molar-refractivity contribution in [2.75, 3.05) is 7.11 Å². The lowest BCUT2D eigenvalue weighted by atomic mass is 9.54. The summed E-state index contributed by atoms with van der Waals surface area (Å²) in [4.78, 5) is 23.8. The topological polar surface area (TPSA) is 104 Å². The van der Waals surface area contributed by atoms with Crippen LogP contribution in [-0.2, 0) is 14.3 Å². The van der Waals surface area contributed by atoms with E-state index in [0.717, 1.165) is 0 Å². The molecule has 0 saturated heterocycles. The van der Waals surface area contributed by atoms with Crippen LogP contribution < -0.4 is 0 Å². The second-order valence-electron chi connectivity index (χ2n) is 6.31. The maximum absolute atomic E-state index is 12.2. The second kappa shape index (κ2) is 5.51. The normalized spacial score (nSPS) is 43.1. The maximum atomic E-state index is 12.2. The molecule has 0 aromatic heterocycles. The number of hydrogen-bond acceptors (Lipinski definition) is 6. The Morgan fingerprint density at radius 2 is 2.00 bits per heavy atom. The van der Waals surface area contributed by atoms with Crippen molar-refractivity contribution in [2.45, 2.75) is 44.5 Å². The van der Waals surface area contributed by atoms with Crippen molar-refractivity contribution in [1.82, 2.24) is 0 Å². The Morgan fingerprint density at radius 1 is 1.38 bits per heavy atom. The van der Waals surface area contributed by atoms with E-state index in [-0.39, 0.29) is 24.2 Å². The fraction of sp³-hybridized carbons (Fsp3) is 0.733. The van der Waals surface area contributed by atoms with Gasteiger partial charge in [0.15, 0.2) is 0 Å². The SMILES string of the molecule is C=C(C(=O)OC)[C@H]1[C@H](O)[C@@H]2C(=O)CC[C@@H](O)[C@@]2(C)C[C@H]1O. The van der Waals surface area contributed by atoms with Crippen molar-refractivity contribution in [3.63, 3.8) is 0 Å². The first-order valence-corrected chi connectivity index (χ1v) is 7.08. The Morgan fingerprint density at radius 3 is 2.57 bits per heavy atom. The van der Waals surface area contributed by atoms with Crippen LogP contribution in [0.1, 0.15) is 26.2 Å². The van der Waals surface area contributed by atoms with E-state index in [4.69, 9.17) is 0 Å². The van der Waals surface area contributed by atoms with Crippen LogP contribution in [-0.4, -0.2) is 52.5 Å². The number of rotatable bonds is 2. The molecule has 6 nitrogen and oxygen atoms in total. The molecule has 0 aromatic carbocycles. The minimum atomic E-state index is -1.26. The molecule has 2 aliphatic rings. The number of carbonyl (C=O) groups is 2. The summed E-state index contributed by atoms with van der Waals surface area (Å²) in [5.74, 6) is -2.63. The van der Waals surface area contributed by atoms with Gasteiger partial charge in [0.1, 0.15) is 5.78 Å². The largest absolute Gasteiger partial charge is 0.466 e. The molecule has 2 fully saturated rings. The lowest BCUT2D eigenvalue weighted by molar-refractivity contribution is -0.178. The Hall–Kier alpha value is -1.24. The van der Waals surface area contributed by atoms with Crippen LogP contribution in [0, 0.1) is 17.3 Å². The van der Waals surface area contributed by atoms with Gasteiger partial charge in [-0.25, -0.2) is 4.79 Å². The lowest BCUT2D eigenvalue weighted by Crippen LogP contribution is -2.61. The molecule has 21 heavy (non-hydrogen) atoms. The molecule has 6 atom stereocenters. The number of aliphatic hydroxyl groups is 3. The van der Waals surface area contributed by atoms with E-state index in [1.807, 2.05) is 0 Å². The van der Waals surface area contributed by atoms with Gasteiger partial charge < -0.3 is 20.1 Å². The van der Waals surface area contributed by atoms with Gasteiger partial charge in [0.05, 0.1) is 31.3 Å². The van der Waals surface area contributed by atoms with E-state index in [2.05, 4.69) is 11.3 Å². The van der Waals surface area contributed by atoms with E-state index in [1.165, 1.54) is 7.11 Å². The van der Waals surface area contributed by atoms with Gasteiger partial charge in [0, 0.05) is 23.3 Å². The Labute approximate surface area is 123 Å². The third kappa shape index (κ3) is 2.41. The summed E-state index contributed by atoms with van der Waals surface area (Å²) < 4.78 is 4.58. The molecular formula is C15H22O6. The van der Waals surface area contributed by atoms with Crippen molar-refractivity contribution < 1.29 is 29.6 Å². The highest BCUT2D eigenvalue weighted by molar-refractivity contribution is 5.89. The molecule has 2 rings (SSSR count). The predicted molar refractivity (Wildman–Crippen MR) is 73.1 cm³/mol. The highest BCUT2D eigenvalue weighted by Gasteiger charge is 2.58. The first-order valence-electron chi connectivity index (χ1n) is 7.08. The van der Waals surface area contributed by atoms with Crippen molar-refractivity contribution >= 4 is 11.8 Å². The number of aliphatic hydroxyl groups excluding tert-OH is 3. The van der Waals surface area contributed by atoms with Crippen molar-refractivity contribution in [1.29, 1.82) is 0 Å². The molecule has 0 aromatic rings. The minimum Gasteiger partial charge on any atom is -0.466 e. The Bertz CT molecular complexity index is 473. The predicted octanol–water partition coefficient (Wildman–Crippen LogP) is -0.196. The zero-order valence-electron chi connectivity index (χ0n) is 12.3. The van der Waals surface area contributed by atoms with Gasteiger partial charge in [0.2, 0.25) is 0 Å². The smallest absolute Gasteiger partial charge is 0.333 e. The van der Waals surface area contributed by atoms with E-state index >= 15 is 0 Å². The van der Waals surface area contributed by atoms with Gasteiger partial charge in [0.25, 0.3) is 0 Å². The number of Topliss-reactive ketones (excluding diaryl/α,β-unsaturated/α-hetero) is 1. The standard InChI is InChI=1S/C15H22O6/c1-7(14(20)21-3)11-9(17)6-15(2)10(18)5-4-8(16)12(15)13(11)19/h9-13,17-19H,1,4-6H2,2-3H3/t9-,10-,11-,12+,13+,15-/m1/s1. The van der Waals surface area contributed by atoms with Crippen molar-refractivity contribution in [2.24, 2.45) is 17.3 Å². The summed E-state index contributed by atoms with van der Waals surface area (Å²) in [5, 5.41) is 31.1. The molecule has 0 heterocycles. The van der Waals surface area contributed by atoms with E-state index < -0.39 is 41.5 Å². The number of ether oxygens (including phenoxy) is 1. The Kier molecular flexibility index (Phi) is 4.24. The number of hydrogen-bond donors (Lipinski definition) is 3. The molecule has 0 radical (unpaired) electrons. The van der Waals surface area contributed by atoms with E-state index in [0.29, 0.717) is 6.42 Å². The van der Waals surface area contributed by atoms with Crippen LogP contribution >= 0.6 is 0 Å². The third-order valence-corrected chi connectivity index (χ3v) is 5.11. The molecule has 0 unspecified atom stereocenters. The molecule has 2 saturated carbocycles. The monoisotopic (exact) mass is 298 g/mol. The average molecular weight is 298 g/mol. The van der Waals surface area contributed by atoms with Gasteiger partial charge in [-0.2, -0.15) is 0 Å². The number of ketones is 1. The summed E-state index contributed by atoms with van der Waals surface area (Å²) in [5.41, 5.74) is -0.937. The van der Waals surface area contributed by atoms with Crippen LogP contribution in [0.15, 0.2) is 12.2 Å². The quantitative estimate of drug-likeness (QED) is 0.482. The van der Waals surface area contributed by atoms with Crippen LogP contribution in [0.2, 0.25) is 0 Å². The van der Waals surface area contributed by atoms with Crippen LogP contribution in [0.25, 0.3) is 0 Å². The molecule has 118 valence electrons. The molecule has 0 bridgehead atoms. The average Bonchev–Trinajstić information content (AvgIpc) is 2.41. The van der Waals surface area contributed by atoms with E-state index in [9.17, 15) is 24.9 Å². The molecular weight excluding hydrogens is 276 g/mol. The number of esters is 1. The molecule has 6 heteroatoms. The summed E-state index contributed by atoms with van der Waals surface area (Å²) in [7, 11) is 1.19. The van der Waals surface area contributed by atoms with Crippen LogP contribution in [0.5, 0.6) is 0 Å². The fourth-order valence-corrected chi connectivity index (χ4v) is 3.90. The molecule has 0 spiro atoms. The highest BCUT2D eigenvalue weighted by atomic mass is 16.5. The van der Waals surface area contributed by atoms with Gasteiger partial charge in [-0.1, -0.05) is 13.5 Å². The van der Waals surface area contributed by atoms with Crippen LogP contribution in [0.3, 0.4) is 0 Å². The molecule has 2 aliphatic carbocycles. The first-order chi connectivity index (χ1) is 9.74. The summed E-state index contributed by atoms with van der Waals surface area (Å²) in [6.45, 7) is 5.28. The highest BCUT2D eigenvalue weighted by Crippen LogP contribution is 2.51. The molecule has 0 amide bonds. The summed E-state index contributed by atoms with van der Waals surface area (Å²) in [6.07, 6.45) is -2.44. The zero-order chi connectivity index (χ0) is 15.9. The zero-order valence-corrected chi connectivity index (χ0v) is 12.3. The van der Waals surface area contributed by atoms with Crippen molar-refractivity contribution in [3.8, 4) is 0 Å². The van der Waals surface area contributed by atoms with Crippen molar-refractivity contribution in [3.05, 3.63) is 12.2 Å². The van der Waals surface area contributed by atoms with Gasteiger partial charge in [-0.05, 0) is 12.8 Å². The van der Waals surface area contributed by atoms with Gasteiger partial charge in [-0.3, -0.25) is 4.79 Å². The van der Waals surface area contributed by atoms with E-state index in [1.54, 1.807) is 6.92 Å². The second-order valence-corrected chi connectivity index (χ2v) is 6.31. The number of fused-ring (bicyclic) bond motifs is 1.